The van der Waals surface area contributed by atoms with Crippen molar-refractivity contribution < 1.29 is 4.39 Å². The molecule has 0 bridgehead atoms. The Labute approximate surface area is 114 Å². The first-order valence-electron chi connectivity index (χ1n) is 6.08. The lowest BCUT2D eigenvalue weighted by Gasteiger charge is -2.25. The fourth-order valence-electron chi connectivity index (χ4n) is 2.10. The smallest absolute Gasteiger partial charge is 0.245 e. The van der Waals surface area contributed by atoms with Gasteiger partial charge in [-0.2, -0.15) is 4.98 Å². The molecule has 2 heterocycles. The van der Waals surface area contributed by atoms with Crippen LogP contribution in [0.2, 0.25) is 5.02 Å². The number of piperazine rings is 1. The summed E-state index contributed by atoms with van der Waals surface area (Å²) in [4.78, 5) is 6.38. The lowest BCUT2D eigenvalue weighted by molar-refractivity contribution is 0.580. The average Bonchev–Trinajstić information content (AvgIpc) is 2.89. The molecule has 1 fully saturated rings. The van der Waals surface area contributed by atoms with E-state index in [4.69, 9.17) is 11.6 Å². The van der Waals surface area contributed by atoms with Gasteiger partial charge in [-0.05, 0) is 12.1 Å². The van der Waals surface area contributed by atoms with Gasteiger partial charge < -0.3 is 10.2 Å². The molecule has 19 heavy (non-hydrogen) atoms. The van der Waals surface area contributed by atoms with Gasteiger partial charge in [-0.25, -0.2) is 4.39 Å². The Kier molecular flexibility index (Phi) is 3.35. The van der Waals surface area contributed by atoms with Crippen molar-refractivity contribution in [3.05, 3.63) is 29.0 Å². The van der Waals surface area contributed by atoms with E-state index in [2.05, 4.69) is 20.5 Å². The topological polar surface area (TPSA) is 56.8 Å². The summed E-state index contributed by atoms with van der Waals surface area (Å²) in [5.41, 5.74) is 0.262. The van der Waals surface area contributed by atoms with Gasteiger partial charge in [0.05, 0.1) is 10.6 Å². The van der Waals surface area contributed by atoms with Crippen LogP contribution in [0, 0.1) is 5.82 Å². The second-order valence-corrected chi connectivity index (χ2v) is 4.72. The summed E-state index contributed by atoms with van der Waals surface area (Å²) in [6.45, 7) is 3.46. The molecule has 0 spiro atoms. The Morgan fingerprint density at radius 2 is 2.05 bits per heavy atom. The third kappa shape index (κ3) is 2.41. The van der Waals surface area contributed by atoms with Crippen molar-refractivity contribution in [1.82, 2.24) is 20.5 Å². The van der Waals surface area contributed by atoms with Gasteiger partial charge in [0.25, 0.3) is 0 Å². The number of halogens is 2. The van der Waals surface area contributed by atoms with Crippen LogP contribution in [0.3, 0.4) is 0 Å². The van der Waals surface area contributed by atoms with Gasteiger partial charge in [0.2, 0.25) is 5.95 Å². The molecule has 5 nitrogen and oxygen atoms in total. The summed E-state index contributed by atoms with van der Waals surface area (Å²) >= 11 is 6.01. The van der Waals surface area contributed by atoms with E-state index in [0.717, 1.165) is 26.2 Å². The first-order chi connectivity index (χ1) is 9.25. The predicted molar refractivity (Wildman–Crippen MR) is 71.9 cm³/mol. The van der Waals surface area contributed by atoms with E-state index in [1.165, 1.54) is 6.07 Å². The number of nitrogens with zero attached hydrogens (tertiary/aromatic N) is 3. The highest BCUT2D eigenvalue weighted by molar-refractivity contribution is 6.33. The molecular formula is C12H13ClFN5. The molecule has 1 aromatic heterocycles. The van der Waals surface area contributed by atoms with Crippen LogP contribution in [-0.4, -0.2) is 41.4 Å². The fourth-order valence-corrected chi connectivity index (χ4v) is 2.35. The van der Waals surface area contributed by atoms with Crippen LogP contribution in [0.25, 0.3) is 11.4 Å². The number of hydrogen-bond acceptors (Lipinski definition) is 4. The maximum absolute atomic E-state index is 13.8. The first kappa shape index (κ1) is 12.4. The van der Waals surface area contributed by atoms with Crippen LogP contribution in [0.4, 0.5) is 10.3 Å². The highest BCUT2D eigenvalue weighted by Crippen LogP contribution is 2.28. The molecule has 0 amide bonds. The van der Waals surface area contributed by atoms with Crippen molar-refractivity contribution in [3.63, 3.8) is 0 Å². The maximum atomic E-state index is 13.8. The summed E-state index contributed by atoms with van der Waals surface area (Å²) < 4.78 is 13.8. The number of hydrogen-bond donors (Lipinski definition) is 2. The summed E-state index contributed by atoms with van der Waals surface area (Å²) in [5, 5.41) is 10.5. The Balaban J connectivity index is 1.92. The van der Waals surface area contributed by atoms with Gasteiger partial charge >= 0.3 is 0 Å². The van der Waals surface area contributed by atoms with E-state index in [0.29, 0.717) is 16.8 Å². The van der Waals surface area contributed by atoms with Crippen LogP contribution in [-0.2, 0) is 0 Å². The summed E-state index contributed by atoms with van der Waals surface area (Å²) in [6, 6.07) is 4.55. The number of H-pyrrole nitrogens is 1. The van der Waals surface area contributed by atoms with Crippen LogP contribution in [0.15, 0.2) is 18.2 Å². The largest absolute Gasteiger partial charge is 0.337 e. The van der Waals surface area contributed by atoms with E-state index in [1.54, 1.807) is 12.1 Å². The van der Waals surface area contributed by atoms with Gasteiger partial charge in [-0.1, -0.05) is 17.7 Å². The predicted octanol–water partition coefficient (Wildman–Crippen LogP) is 1.67. The van der Waals surface area contributed by atoms with Crippen molar-refractivity contribution >= 4 is 17.5 Å². The van der Waals surface area contributed by atoms with Crippen molar-refractivity contribution in [2.75, 3.05) is 31.1 Å². The zero-order valence-electron chi connectivity index (χ0n) is 10.2. The lowest BCUT2D eigenvalue weighted by Crippen LogP contribution is -2.44. The van der Waals surface area contributed by atoms with Crippen LogP contribution >= 0.6 is 11.6 Å². The molecule has 0 aliphatic carbocycles. The monoisotopic (exact) mass is 281 g/mol. The van der Waals surface area contributed by atoms with E-state index in [1.807, 2.05) is 4.90 Å². The second-order valence-electron chi connectivity index (χ2n) is 4.32. The normalized spacial score (nSPS) is 15.8. The Morgan fingerprint density at radius 1 is 1.26 bits per heavy atom. The molecule has 3 rings (SSSR count). The Morgan fingerprint density at radius 3 is 2.79 bits per heavy atom. The van der Waals surface area contributed by atoms with Gasteiger partial charge in [0.15, 0.2) is 5.82 Å². The summed E-state index contributed by atoms with van der Waals surface area (Å²) in [5.74, 6) is 0.531. The molecule has 100 valence electrons. The molecule has 1 aliphatic rings. The van der Waals surface area contributed by atoms with Crippen molar-refractivity contribution in [1.29, 1.82) is 0 Å². The van der Waals surface area contributed by atoms with Crippen molar-refractivity contribution in [3.8, 4) is 11.4 Å². The first-order valence-corrected chi connectivity index (χ1v) is 6.46. The van der Waals surface area contributed by atoms with Crippen LogP contribution in [0.1, 0.15) is 0 Å². The third-order valence-corrected chi connectivity index (χ3v) is 3.39. The van der Waals surface area contributed by atoms with E-state index < -0.39 is 5.82 Å². The maximum Gasteiger partial charge on any atom is 0.245 e. The molecule has 0 atom stereocenters. The van der Waals surface area contributed by atoms with Gasteiger partial charge in [0.1, 0.15) is 5.82 Å². The molecule has 7 heteroatoms. The molecule has 1 aromatic carbocycles. The number of rotatable bonds is 2. The quantitative estimate of drug-likeness (QED) is 0.879. The number of benzene rings is 1. The molecule has 2 aromatic rings. The number of nitrogens with one attached hydrogen (secondary N) is 2. The zero-order valence-corrected chi connectivity index (χ0v) is 10.9. The van der Waals surface area contributed by atoms with Gasteiger partial charge in [-0.3, -0.25) is 5.10 Å². The Hall–Kier alpha value is -1.66. The molecule has 0 unspecified atom stereocenters. The average molecular weight is 282 g/mol. The number of aromatic nitrogens is 3. The van der Waals surface area contributed by atoms with E-state index in [9.17, 15) is 4.39 Å². The zero-order chi connectivity index (χ0) is 13.2. The SMILES string of the molecule is Fc1cccc(Cl)c1-c1nc(N2CCNCC2)n[nH]1. The highest BCUT2D eigenvalue weighted by Gasteiger charge is 2.18. The highest BCUT2D eigenvalue weighted by atomic mass is 35.5. The summed E-state index contributed by atoms with van der Waals surface area (Å²) in [6.07, 6.45) is 0. The second kappa shape index (κ2) is 5.14. The standard InChI is InChI=1S/C12H13ClFN5/c13-8-2-1-3-9(14)10(8)11-16-12(18-17-11)19-6-4-15-5-7-19/h1-3,15H,4-7H2,(H,16,17,18). The number of anilines is 1. The Bertz CT molecular complexity index is 559. The minimum Gasteiger partial charge on any atom is -0.337 e. The van der Waals surface area contributed by atoms with Crippen LogP contribution in [0.5, 0.6) is 0 Å². The van der Waals surface area contributed by atoms with Gasteiger partial charge in [0, 0.05) is 26.2 Å². The minimum absolute atomic E-state index is 0.262. The van der Waals surface area contributed by atoms with Gasteiger partial charge in [-0.15, -0.1) is 5.10 Å². The molecule has 0 radical (unpaired) electrons. The van der Waals surface area contributed by atoms with E-state index in [-0.39, 0.29) is 5.56 Å². The van der Waals surface area contributed by atoms with Crippen molar-refractivity contribution in [2.24, 2.45) is 0 Å². The lowest BCUT2D eigenvalue weighted by atomic mass is 10.2. The molecule has 1 saturated heterocycles. The summed E-state index contributed by atoms with van der Waals surface area (Å²) in [7, 11) is 0. The fraction of sp³-hybridized carbons (Fsp3) is 0.333. The van der Waals surface area contributed by atoms with Crippen molar-refractivity contribution in [2.45, 2.75) is 0 Å². The third-order valence-electron chi connectivity index (χ3n) is 3.07. The molecule has 1 aliphatic heterocycles. The molecule has 0 saturated carbocycles. The minimum atomic E-state index is -0.407. The number of aromatic amines is 1. The van der Waals surface area contributed by atoms with E-state index >= 15 is 0 Å². The molecule has 2 N–H and O–H groups in total. The molecular weight excluding hydrogens is 269 g/mol. The van der Waals surface area contributed by atoms with Crippen LogP contribution < -0.4 is 10.2 Å².